The molecule has 0 atom stereocenters. The SMILES string of the molecule is CC(C)Oc1ccc(S(=O)(=O)OCc2cc(=O)c(OCc3ccccc3)co2)cc1. The van der Waals surface area contributed by atoms with Gasteiger partial charge in [0.15, 0.2) is 0 Å². The van der Waals surface area contributed by atoms with Crippen molar-refractivity contribution in [1.82, 2.24) is 0 Å². The molecule has 0 radical (unpaired) electrons. The van der Waals surface area contributed by atoms with Crippen LogP contribution in [0.5, 0.6) is 11.5 Å². The Hall–Kier alpha value is -3.10. The molecule has 7 nitrogen and oxygen atoms in total. The average Bonchev–Trinajstić information content (AvgIpc) is 2.72. The van der Waals surface area contributed by atoms with Crippen molar-refractivity contribution in [3.8, 4) is 11.5 Å². The first-order valence-electron chi connectivity index (χ1n) is 9.28. The minimum Gasteiger partial charge on any atom is -0.491 e. The van der Waals surface area contributed by atoms with Crippen molar-refractivity contribution in [1.29, 1.82) is 0 Å². The smallest absolute Gasteiger partial charge is 0.297 e. The number of ether oxygens (including phenoxy) is 2. The number of benzene rings is 2. The van der Waals surface area contributed by atoms with Crippen LogP contribution in [0.2, 0.25) is 0 Å². The zero-order chi connectivity index (χ0) is 21.6. The van der Waals surface area contributed by atoms with Gasteiger partial charge < -0.3 is 13.9 Å². The van der Waals surface area contributed by atoms with Crippen LogP contribution in [0.3, 0.4) is 0 Å². The average molecular weight is 430 g/mol. The van der Waals surface area contributed by atoms with Gasteiger partial charge in [0.1, 0.15) is 31.0 Å². The second-order valence-electron chi connectivity index (χ2n) is 6.70. The molecule has 0 unspecified atom stereocenters. The van der Waals surface area contributed by atoms with Gasteiger partial charge in [0.2, 0.25) is 11.2 Å². The Morgan fingerprint density at radius 2 is 1.67 bits per heavy atom. The standard InChI is InChI=1S/C22H22O7S/c1-16(2)29-18-8-10-20(11-9-18)30(24,25)28-14-19-12-21(23)22(15-26-19)27-13-17-6-4-3-5-7-17/h3-12,15-16H,13-14H2,1-2H3. The van der Waals surface area contributed by atoms with Gasteiger partial charge in [-0.15, -0.1) is 0 Å². The summed E-state index contributed by atoms with van der Waals surface area (Å²) in [4.78, 5) is 12.2. The van der Waals surface area contributed by atoms with Gasteiger partial charge in [0.05, 0.1) is 11.0 Å². The van der Waals surface area contributed by atoms with E-state index in [0.717, 1.165) is 17.9 Å². The van der Waals surface area contributed by atoms with Gasteiger partial charge in [-0.2, -0.15) is 8.42 Å². The molecule has 0 amide bonds. The zero-order valence-electron chi connectivity index (χ0n) is 16.6. The lowest BCUT2D eigenvalue weighted by Crippen LogP contribution is -2.11. The van der Waals surface area contributed by atoms with Crippen LogP contribution in [0.15, 0.2) is 81.0 Å². The van der Waals surface area contributed by atoms with E-state index < -0.39 is 22.2 Å². The van der Waals surface area contributed by atoms with E-state index in [0.29, 0.717) is 5.75 Å². The molecule has 0 saturated carbocycles. The molecule has 0 aliphatic heterocycles. The van der Waals surface area contributed by atoms with Gasteiger partial charge in [0, 0.05) is 6.07 Å². The molecule has 1 heterocycles. The fourth-order valence-electron chi connectivity index (χ4n) is 2.52. The Bertz CT molecular complexity index is 1120. The second kappa shape index (κ2) is 9.60. The van der Waals surface area contributed by atoms with E-state index >= 15 is 0 Å². The fraction of sp³-hybridized carbons (Fsp3) is 0.227. The maximum Gasteiger partial charge on any atom is 0.297 e. The monoisotopic (exact) mass is 430 g/mol. The molecule has 0 aliphatic rings. The predicted molar refractivity (Wildman–Crippen MR) is 110 cm³/mol. The molecule has 3 aromatic rings. The van der Waals surface area contributed by atoms with E-state index in [-0.39, 0.29) is 29.1 Å². The summed E-state index contributed by atoms with van der Waals surface area (Å²) in [6.45, 7) is 3.55. The highest BCUT2D eigenvalue weighted by Gasteiger charge is 2.17. The molecule has 0 N–H and O–H groups in total. The van der Waals surface area contributed by atoms with E-state index in [2.05, 4.69) is 0 Å². The summed E-state index contributed by atoms with van der Waals surface area (Å²) < 4.78 is 45.9. The lowest BCUT2D eigenvalue weighted by atomic mass is 10.2. The third kappa shape index (κ3) is 5.95. The Morgan fingerprint density at radius 1 is 0.967 bits per heavy atom. The van der Waals surface area contributed by atoms with Crippen LogP contribution in [0, 0.1) is 0 Å². The molecule has 0 spiro atoms. The van der Waals surface area contributed by atoms with Crippen LogP contribution < -0.4 is 14.9 Å². The minimum absolute atomic E-state index is 0.0220. The van der Waals surface area contributed by atoms with Gasteiger partial charge in [-0.25, -0.2) is 0 Å². The van der Waals surface area contributed by atoms with Crippen molar-refractivity contribution in [2.45, 2.75) is 38.1 Å². The molecule has 0 fully saturated rings. The third-order valence-corrected chi connectivity index (χ3v) is 5.21. The molecule has 30 heavy (non-hydrogen) atoms. The maximum absolute atomic E-state index is 12.3. The van der Waals surface area contributed by atoms with Gasteiger partial charge in [-0.3, -0.25) is 8.98 Å². The highest BCUT2D eigenvalue weighted by atomic mass is 32.2. The molecular formula is C22H22O7S. The van der Waals surface area contributed by atoms with Crippen LogP contribution in [-0.4, -0.2) is 14.5 Å². The Labute approximate surface area is 175 Å². The summed E-state index contributed by atoms with van der Waals surface area (Å²) in [5.74, 6) is 0.655. The lowest BCUT2D eigenvalue weighted by molar-refractivity contribution is 0.242. The van der Waals surface area contributed by atoms with Crippen LogP contribution in [0.1, 0.15) is 25.2 Å². The summed E-state index contributed by atoms with van der Waals surface area (Å²) in [7, 11) is -4.02. The summed E-state index contributed by atoms with van der Waals surface area (Å²) in [6.07, 6.45) is 1.13. The zero-order valence-corrected chi connectivity index (χ0v) is 17.4. The van der Waals surface area contributed by atoms with Crippen LogP contribution in [-0.2, 0) is 27.5 Å². The quantitative estimate of drug-likeness (QED) is 0.475. The Kier molecular flexibility index (Phi) is 6.91. The Morgan fingerprint density at radius 3 is 2.30 bits per heavy atom. The number of hydrogen-bond acceptors (Lipinski definition) is 7. The van der Waals surface area contributed by atoms with Crippen molar-refractivity contribution < 1.29 is 26.5 Å². The molecule has 158 valence electrons. The highest BCUT2D eigenvalue weighted by molar-refractivity contribution is 7.86. The minimum atomic E-state index is -4.02. The first-order valence-corrected chi connectivity index (χ1v) is 10.7. The maximum atomic E-state index is 12.3. The summed E-state index contributed by atoms with van der Waals surface area (Å²) in [5.41, 5.74) is 0.476. The third-order valence-electron chi connectivity index (χ3n) is 3.93. The lowest BCUT2D eigenvalue weighted by Gasteiger charge is -2.10. The largest absolute Gasteiger partial charge is 0.491 e. The summed E-state index contributed by atoms with van der Waals surface area (Å²) in [5, 5.41) is 0. The fourth-order valence-corrected chi connectivity index (χ4v) is 3.39. The van der Waals surface area contributed by atoms with E-state index in [1.807, 2.05) is 44.2 Å². The van der Waals surface area contributed by atoms with Crippen molar-refractivity contribution >= 4 is 10.1 Å². The van der Waals surface area contributed by atoms with Gasteiger partial charge in [-0.05, 0) is 43.7 Å². The number of rotatable bonds is 9. The normalized spacial score (nSPS) is 11.4. The first-order chi connectivity index (χ1) is 14.3. The predicted octanol–water partition coefficient (Wildman–Crippen LogP) is 3.91. The van der Waals surface area contributed by atoms with E-state index in [9.17, 15) is 13.2 Å². The van der Waals surface area contributed by atoms with Gasteiger partial charge in [-0.1, -0.05) is 30.3 Å². The first kappa shape index (κ1) is 21.6. The van der Waals surface area contributed by atoms with Crippen LogP contribution in [0.25, 0.3) is 0 Å². The van der Waals surface area contributed by atoms with E-state index in [1.165, 1.54) is 12.1 Å². The van der Waals surface area contributed by atoms with Crippen molar-refractivity contribution in [2.75, 3.05) is 0 Å². The molecule has 0 bridgehead atoms. The topological polar surface area (TPSA) is 92.0 Å². The van der Waals surface area contributed by atoms with Crippen molar-refractivity contribution in [2.24, 2.45) is 0 Å². The Balaban J connectivity index is 1.60. The van der Waals surface area contributed by atoms with Crippen LogP contribution in [0.4, 0.5) is 0 Å². The molecule has 1 aromatic heterocycles. The molecule has 8 heteroatoms. The van der Waals surface area contributed by atoms with Gasteiger partial charge in [0.25, 0.3) is 10.1 Å². The highest BCUT2D eigenvalue weighted by Crippen LogP contribution is 2.20. The molecule has 3 rings (SSSR count). The molecule has 0 aliphatic carbocycles. The summed E-state index contributed by atoms with van der Waals surface area (Å²) >= 11 is 0. The van der Waals surface area contributed by atoms with Crippen molar-refractivity contribution in [3.63, 3.8) is 0 Å². The summed E-state index contributed by atoms with van der Waals surface area (Å²) in [6, 6.07) is 16.4. The second-order valence-corrected chi connectivity index (χ2v) is 8.32. The van der Waals surface area contributed by atoms with E-state index in [4.69, 9.17) is 18.1 Å². The molecule has 2 aromatic carbocycles. The van der Waals surface area contributed by atoms with Gasteiger partial charge >= 0.3 is 0 Å². The molecule has 0 saturated heterocycles. The molecular weight excluding hydrogens is 408 g/mol. The van der Waals surface area contributed by atoms with Crippen LogP contribution >= 0.6 is 0 Å². The van der Waals surface area contributed by atoms with Crippen molar-refractivity contribution in [3.05, 3.63) is 88.5 Å². The number of hydrogen-bond donors (Lipinski definition) is 0. The van der Waals surface area contributed by atoms with E-state index in [1.54, 1.807) is 12.1 Å².